The minimum Gasteiger partial charge on any atom is -0.292 e. The van der Waals surface area contributed by atoms with E-state index in [-0.39, 0.29) is 5.69 Å². The molecule has 5 rings (SSSR count). The first-order chi connectivity index (χ1) is 19.5. The van der Waals surface area contributed by atoms with E-state index in [1.807, 2.05) is 21.3 Å². The van der Waals surface area contributed by atoms with Crippen molar-refractivity contribution in [1.29, 1.82) is 0 Å². The summed E-state index contributed by atoms with van der Waals surface area (Å²) in [6, 6.07) is 18.7. The van der Waals surface area contributed by atoms with E-state index in [1.165, 1.54) is 11.1 Å². The Morgan fingerprint density at radius 1 is 0.950 bits per heavy atom. The molecule has 8 nitrogen and oxygen atoms in total. The molecule has 0 aliphatic heterocycles. The third-order valence-electron chi connectivity index (χ3n) is 7.35. The Morgan fingerprint density at radius 3 is 2.48 bits per heavy atom. The third kappa shape index (κ3) is 5.52. The number of aromatic nitrogens is 7. The first kappa shape index (κ1) is 27.2. The minimum absolute atomic E-state index is 0.0206. The summed E-state index contributed by atoms with van der Waals surface area (Å²) < 4.78 is 3.86. The average molecular weight is 536 g/mol. The van der Waals surface area contributed by atoms with Gasteiger partial charge in [-0.05, 0) is 58.7 Å². The number of pyridine rings is 1. The number of nitrogens with one attached hydrogen (secondary N) is 1. The van der Waals surface area contributed by atoms with Crippen LogP contribution in [0.1, 0.15) is 75.3 Å². The van der Waals surface area contributed by atoms with E-state index in [0.29, 0.717) is 24.0 Å². The monoisotopic (exact) mass is 535 g/mol. The normalized spacial score (nSPS) is 11.4. The molecule has 206 valence electrons. The molecule has 1 N–H and O–H groups in total. The Bertz CT molecular complexity index is 1610. The molecule has 0 saturated heterocycles. The molecular weight excluding hydrogens is 498 g/mol. The van der Waals surface area contributed by atoms with Crippen molar-refractivity contribution >= 4 is 0 Å². The first-order valence-corrected chi connectivity index (χ1v) is 14.2. The van der Waals surface area contributed by atoms with Gasteiger partial charge in [0.15, 0.2) is 0 Å². The molecular formula is C32H37N7O. The predicted octanol–water partition coefficient (Wildman–Crippen LogP) is 6.35. The van der Waals surface area contributed by atoms with E-state index in [9.17, 15) is 4.79 Å². The van der Waals surface area contributed by atoms with Crippen molar-refractivity contribution in [2.75, 3.05) is 0 Å². The lowest BCUT2D eigenvalue weighted by atomic mass is 9.95. The van der Waals surface area contributed by atoms with E-state index in [4.69, 9.17) is 0 Å². The van der Waals surface area contributed by atoms with Crippen molar-refractivity contribution in [2.45, 2.75) is 72.3 Å². The molecule has 3 heterocycles. The van der Waals surface area contributed by atoms with E-state index >= 15 is 0 Å². The molecule has 0 unspecified atom stereocenters. The Morgan fingerprint density at radius 2 is 1.77 bits per heavy atom. The lowest BCUT2D eigenvalue weighted by Crippen LogP contribution is -2.26. The summed E-state index contributed by atoms with van der Waals surface area (Å²) in [7, 11) is 0. The fourth-order valence-corrected chi connectivity index (χ4v) is 5.31. The van der Waals surface area contributed by atoms with Crippen LogP contribution in [-0.4, -0.2) is 34.7 Å². The summed E-state index contributed by atoms with van der Waals surface area (Å²) >= 11 is 0. The molecule has 0 amide bonds. The van der Waals surface area contributed by atoms with E-state index in [0.717, 1.165) is 60.2 Å². The van der Waals surface area contributed by atoms with Crippen molar-refractivity contribution in [3.8, 4) is 28.3 Å². The lowest BCUT2D eigenvalue weighted by Gasteiger charge is -2.17. The summed E-state index contributed by atoms with van der Waals surface area (Å²) in [5.41, 5.74) is 8.26. The average Bonchev–Trinajstić information content (AvgIpc) is 3.61. The number of H-pyrrole nitrogens is 1. The second kappa shape index (κ2) is 12.2. The van der Waals surface area contributed by atoms with Crippen LogP contribution >= 0.6 is 0 Å². The van der Waals surface area contributed by atoms with E-state index in [1.54, 1.807) is 6.20 Å². The molecule has 0 radical (unpaired) electrons. The van der Waals surface area contributed by atoms with Gasteiger partial charge in [-0.15, -0.1) is 10.2 Å². The minimum atomic E-state index is 0.0206. The second-order valence-corrected chi connectivity index (χ2v) is 10.6. The highest BCUT2D eigenvalue weighted by Gasteiger charge is 2.19. The maximum absolute atomic E-state index is 14.0. The highest BCUT2D eigenvalue weighted by molar-refractivity contribution is 5.77. The zero-order valence-electron chi connectivity index (χ0n) is 23.8. The molecule has 40 heavy (non-hydrogen) atoms. The van der Waals surface area contributed by atoms with Crippen LogP contribution in [0, 0.1) is 0 Å². The van der Waals surface area contributed by atoms with Crippen LogP contribution in [0.4, 0.5) is 0 Å². The number of hydrogen-bond donors (Lipinski definition) is 1. The van der Waals surface area contributed by atoms with E-state index < -0.39 is 0 Å². The second-order valence-electron chi connectivity index (χ2n) is 10.6. The largest absolute Gasteiger partial charge is 0.333 e. The highest BCUT2D eigenvalue weighted by atomic mass is 16.1. The number of nitrogens with zero attached hydrogens (tertiary/aromatic N) is 6. The van der Waals surface area contributed by atoms with Gasteiger partial charge >= 0.3 is 5.69 Å². The van der Waals surface area contributed by atoms with Crippen LogP contribution in [-0.2, 0) is 19.4 Å². The predicted molar refractivity (Wildman–Crippen MR) is 159 cm³/mol. The van der Waals surface area contributed by atoms with E-state index in [2.05, 4.69) is 102 Å². The van der Waals surface area contributed by atoms with Gasteiger partial charge in [-0.25, -0.2) is 4.79 Å². The summed E-state index contributed by atoms with van der Waals surface area (Å²) in [5, 5.41) is 14.4. The van der Waals surface area contributed by atoms with Gasteiger partial charge in [0.2, 0.25) is 5.82 Å². The fraction of sp³-hybridized carbons (Fsp3) is 0.344. The SMILES string of the molecule is CCCCc1cn(-c2c(CCC)cccc2C(C)C)c(=O)n1Cc1ccc(-c2cccnc2-c2nn[nH]n2)cc1. The smallest absolute Gasteiger partial charge is 0.292 e. The summed E-state index contributed by atoms with van der Waals surface area (Å²) in [5.74, 6) is 0.774. The van der Waals surface area contributed by atoms with Crippen molar-refractivity contribution in [2.24, 2.45) is 0 Å². The first-order valence-electron chi connectivity index (χ1n) is 14.2. The molecule has 3 aromatic heterocycles. The van der Waals surface area contributed by atoms with Gasteiger partial charge < -0.3 is 0 Å². The van der Waals surface area contributed by atoms with Gasteiger partial charge in [-0.2, -0.15) is 5.21 Å². The summed E-state index contributed by atoms with van der Waals surface area (Å²) in [6.07, 6.45) is 8.76. The van der Waals surface area contributed by atoms with Crippen molar-refractivity contribution in [1.82, 2.24) is 34.7 Å². The Kier molecular flexibility index (Phi) is 8.34. The number of aryl methyl sites for hydroxylation is 2. The molecule has 0 aliphatic rings. The van der Waals surface area contributed by atoms with Crippen LogP contribution in [0.15, 0.2) is 71.8 Å². The van der Waals surface area contributed by atoms with Crippen LogP contribution < -0.4 is 5.69 Å². The number of imidazole rings is 1. The standard InChI is InChI=1S/C32H37N7O/c1-5-7-12-26-21-39(30-25(10-6-2)11-8-13-27(30)22(3)4)32(40)38(26)20-23-15-17-24(18-16-23)28-14-9-19-33-29(28)31-34-36-37-35-31/h8-9,11,13-19,21-22H,5-7,10,12,20H2,1-4H3,(H,34,35,36,37). The Hall–Kier alpha value is -4.33. The number of rotatable bonds is 11. The molecule has 8 heteroatoms. The number of para-hydroxylation sites is 1. The van der Waals surface area contributed by atoms with Crippen LogP contribution in [0.25, 0.3) is 28.3 Å². The maximum Gasteiger partial charge on any atom is 0.333 e. The van der Waals surface area contributed by atoms with Crippen LogP contribution in [0.5, 0.6) is 0 Å². The van der Waals surface area contributed by atoms with Gasteiger partial charge in [-0.3, -0.25) is 14.1 Å². The van der Waals surface area contributed by atoms with Crippen LogP contribution in [0.3, 0.4) is 0 Å². The van der Waals surface area contributed by atoms with Gasteiger partial charge in [0, 0.05) is 23.7 Å². The molecule has 0 saturated carbocycles. The molecule has 0 fully saturated rings. The Balaban J connectivity index is 1.52. The number of benzene rings is 2. The Labute approximate surface area is 235 Å². The molecule has 2 aromatic carbocycles. The van der Waals surface area contributed by atoms with Crippen LogP contribution in [0.2, 0.25) is 0 Å². The molecule has 0 aliphatic carbocycles. The third-order valence-corrected chi connectivity index (χ3v) is 7.35. The highest BCUT2D eigenvalue weighted by Crippen LogP contribution is 2.29. The van der Waals surface area contributed by atoms with Gasteiger partial charge in [0.25, 0.3) is 0 Å². The fourth-order valence-electron chi connectivity index (χ4n) is 5.31. The number of tetrazole rings is 1. The van der Waals surface area contributed by atoms with Gasteiger partial charge in [-0.1, -0.05) is 89.1 Å². The van der Waals surface area contributed by atoms with Crippen molar-refractivity contribution < 1.29 is 0 Å². The van der Waals surface area contributed by atoms with Crippen molar-refractivity contribution in [3.63, 3.8) is 0 Å². The zero-order valence-corrected chi connectivity index (χ0v) is 23.8. The van der Waals surface area contributed by atoms with Gasteiger partial charge in [0.1, 0.15) is 5.69 Å². The maximum atomic E-state index is 14.0. The zero-order chi connectivity index (χ0) is 28.1. The van der Waals surface area contributed by atoms with Crippen molar-refractivity contribution in [3.05, 3.63) is 99.9 Å². The number of aromatic amines is 1. The quantitative estimate of drug-likeness (QED) is 0.213. The molecule has 0 atom stereocenters. The summed E-state index contributed by atoms with van der Waals surface area (Å²) in [6.45, 7) is 9.29. The number of hydrogen-bond acceptors (Lipinski definition) is 5. The number of unbranched alkanes of at least 4 members (excludes halogenated alkanes) is 1. The lowest BCUT2D eigenvalue weighted by molar-refractivity contribution is 0.672. The topological polar surface area (TPSA) is 94.3 Å². The molecule has 0 spiro atoms. The summed E-state index contributed by atoms with van der Waals surface area (Å²) in [4.78, 5) is 18.5. The molecule has 5 aromatic rings. The molecule has 0 bridgehead atoms. The van der Waals surface area contributed by atoms with Gasteiger partial charge in [0.05, 0.1) is 12.2 Å².